The van der Waals surface area contributed by atoms with Gasteiger partial charge < -0.3 is 9.84 Å². The van der Waals surface area contributed by atoms with Crippen LogP contribution < -0.4 is 4.74 Å². The van der Waals surface area contributed by atoms with Crippen molar-refractivity contribution in [3.8, 4) is 5.88 Å². The minimum absolute atomic E-state index is 0.00359. The number of benzene rings is 2. The molecule has 2 atom stereocenters. The van der Waals surface area contributed by atoms with E-state index < -0.39 is 5.97 Å². The molecule has 3 heterocycles. The molecule has 0 saturated heterocycles. The smallest absolute Gasteiger partial charge is 0.304 e. The highest BCUT2D eigenvalue weighted by Crippen LogP contribution is 2.35. The first-order valence-corrected chi connectivity index (χ1v) is 12.8. The molecule has 37 heavy (non-hydrogen) atoms. The van der Waals surface area contributed by atoms with Crippen LogP contribution in [0, 0.1) is 13.8 Å². The van der Waals surface area contributed by atoms with E-state index in [1.807, 2.05) is 32.2 Å². The molecule has 0 fully saturated rings. The first kappa shape index (κ1) is 24.9. The molecule has 0 amide bonds. The molecule has 2 aromatic heterocycles. The highest BCUT2D eigenvalue weighted by atomic mass is 16.5. The summed E-state index contributed by atoms with van der Waals surface area (Å²) in [6, 6.07) is 14.4. The fourth-order valence-corrected chi connectivity index (χ4v) is 5.30. The van der Waals surface area contributed by atoms with Crippen LogP contribution in [0.3, 0.4) is 0 Å². The van der Waals surface area contributed by atoms with Crippen LogP contribution in [0.2, 0.25) is 0 Å². The summed E-state index contributed by atoms with van der Waals surface area (Å²) in [7, 11) is 1.86. The molecule has 0 bridgehead atoms. The Morgan fingerprint density at radius 1 is 1.22 bits per heavy atom. The second-order valence-corrected chi connectivity index (χ2v) is 9.98. The van der Waals surface area contributed by atoms with E-state index in [4.69, 9.17) is 4.74 Å². The van der Waals surface area contributed by atoms with Crippen molar-refractivity contribution in [2.75, 3.05) is 6.54 Å². The van der Waals surface area contributed by atoms with Crippen LogP contribution in [0.15, 0.2) is 48.7 Å². The number of nitrogens with zero attached hydrogens (tertiary/aromatic N) is 5. The molecule has 0 spiro atoms. The van der Waals surface area contributed by atoms with E-state index in [0.29, 0.717) is 0 Å². The van der Waals surface area contributed by atoms with Crippen molar-refractivity contribution in [3.63, 3.8) is 0 Å². The van der Waals surface area contributed by atoms with Gasteiger partial charge >= 0.3 is 5.97 Å². The molecule has 5 rings (SSSR count). The standard InChI is InChI=1S/C29H33N5O3/c1-5-23-17-34(15-21-7-6-12-30-29(21)37-23)16-22-13-20(9-8-18(22)2)25(14-27(35)36)24-10-11-26-28(19(24)3)31-32-33(26)4/h6-13,23,25H,5,14-17H2,1-4H3,(H,35,36)/t23-,25?/m1/s1. The second-order valence-electron chi connectivity index (χ2n) is 9.98. The maximum Gasteiger partial charge on any atom is 0.304 e. The van der Waals surface area contributed by atoms with Crippen molar-refractivity contribution in [2.24, 2.45) is 7.05 Å². The number of carbonyl (C=O) groups is 1. The molecule has 0 saturated carbocycles. The van der Waals surface area contributed by atoms with Gasteiger partial charge in [-0.3, -0.25) is 9.69 Å². The summed E-state index contributed by atoms with van der Waals surface area (Å²) in [5.74, 6) is -0.395. The number of fused-ring (bicyclic) bond motifs is 2. The predicted molar refractivity (Wildman–Crippen MR) is 142 cm³/mol. The zero-order chi connectivity index (χ0) is 26.1. The van der Waals surface area contributed by atoms with Crippen LogP contribution in [0.1, 0.15) is 59.1 Å². The number of aliphatic carboxylic acids is 1. The van der Waals surface area contributed by atoms with Gasteiger partial charge in [-0.05, 0) is 60.2 Å². The van der Waals surface area contributed by atoms with Crippen molar-refractivity contribution in [1.82, 2.24) is 24.9 Å². The maximum atomic E-state index is 12.0. The highest BCUT2D eigenvalue weighted by Gasteiger charge is 2.25. The molecule has 2 aromatic carbocycles. The molecule has 8 heteroatoms. The third-order valence-electron chi connectivity index (χ3n) is 7.44. The van der Waals surface area contributed by atoms with Crippen LogP contribution in [-0.4, -0.2) is 48.6 Å². The van der Waals surface area contributed by atoms with Gasteiger partial charge in [0.05, 0.1) is 11.9 Å². The Bertz CT molecular complexity index is 1450. The van der Waals surface area contributed by atoms with E-state index >= 15 is 0 Å². The molecule has 1 aliphatic heterocycles. The number of carboxylic acid groups (broad SMARTS) is 1. The largest absolute Gasteiger partial charge is 0.481 e. The Balaban J connectivity index is 1.50. The third-order valence-corrected chi connectivity index (χ3v) is 7.44. The van der Waals surface area contributed by atoms with Gasteiger partial charge in [0.15, 0.2) is 0 Å². The summed E-state index contributed by atoms with van der Waals surface area (Å²) in [4.78, 5) is 18.8. The summed E-state index contributed by atoms with van der Waals surface area (Å²) in [5.41, 5.74) is 8.14. The molecule has 192 valence electrons. The van der Waals surface area contributed by atoms with Gasteiger partial charge in [-0.2, -0.15) is 0 Å². The zero-order valence-electron chi connectivity index (χ0n) is 21.8. The summed E-state index contributed by atoms with van der Waals surface area (Å²) in [5, 5.41) is 18.3. The molecule has 4 aromatic rings. The van der Waals surface area contributed by atoms with Gasteiger partial charge in [0.2, 0.25) is 5.88 Å². The average molecular weight is 500 g/mol. The van der Waals surface area contributed by atoms with E-state index in [2.05, 4.69) is 58.3 Å². The van der Waals surface area contributed by atoms with Crippen LogP contribution in [0.25, 0.3) is 11.0 Å². The van der Waals surface area contributed by atoms with Gasteiger partial charge in [0.25, 0.3) is 0 Å². The van der Waals surface area contributed by atoms with E-state index in [1.54, 1.807) is 10.9 Å². The van der Waals surface area contributed by atoms with Crippen LogP contribution in [-0.2, 0) is 24.9 Å². The monoisotopic (exact) mass is 499 g/mol. The fourth-order valence-electron chi connectivity index (χ4n) is 5.30. The third kappa shape index (κ3) is 5.06. The van der Waals surface area contributed by atoms with Gasteiger partial charge in [-0.15, -0.1) is 5.10 Å². The average Bonchev–Trinajstić information content (AvgIpc) is 3.16. The Hall–Kier alpha value is -3.78. The lowest BCUT2D eigenvalue weighted by molar-refractivity contribution is -0.137. The number of ether oxygens (including phenoxy) is 1. The lowest BCUT2D eigenvalue weighted by Crippen LogP contribution is -2.32. The van der Waals surface area contributed by atoms with Crippen LogP contribution in [0.5, 0.6) is 5.88 Å². The van der Waals surface area contributed by atoms with E-state index in [9.17, 15) is 9.90 Å². The zero-order valence-corrected chi connectivity index (χ0v) is 21.8. The summed E-state index contributed by atoms with van der Waals surface area (Å²) in [6.45, 7) is 8.56. The number of hydrogen-bond acceptors (Lipinski definition) is 6. The summed E-state index contributed by atoms with van der Waals surface area (Å²) in [6.07, 6.45) is 2.75. The molecular formula is C29H33N5O3. The molecule has 1 N–H and O–H groups in total. The molecule has 1 aliphatic rings. The molecule has 8 nitrogen and oxygen atoms in total. The number of carboxylic acids is 1. The Morgan fingerprint density at radius 2 is 2.05 bits per heavy atom. The van der Waals surface area contributed by atoms with E-state index in [0.717, 1.165) is 65.2 Å². The highest BCUT2D eigenvalue weighted by molar-refractivity contribution is 5.80. The normalized spacial score (nSPS) is 16.7. The van der Waals surface area contributed by atoms with Gasteiger partial charge in [0, 0.05) is 44.4 Å². The lowest BCUT2D eigenvalue weighted by Gasteiger charge is -2.25. The van der Waals surface area contributed by atoms with E-state index in [1.165, 1.54) is 11.1 Å². The molecule has 0 aliphatic carbocycles. The first-order chi connectivity index (χ1) is 17.8. The molecule has 1 unspecified atom stereocenters. The summed E-state index contributed by atoms with van der Waals surface area (Å²) >= 11 is 0. The van der Waals surface area contributed by atoms with Crippen molar-refractivity contribution in [3.05, 3.63) is 82.0 Å². The molecule has 0 radical (unpaired) electrons. The number of hydrogen-bond donors (Lipinski definition) is 1. The van der Waals surface area contributed by atoms with Crippen molar-refractivity contribution >= 4 is 17.0 Å². The number of aryl methyl sites for hydroxylation is 3. The maximum absolute atomic E-state index is 12.0. The molecular weight excluding hydrogens is 466 g/mol. The minimum atomic E-state index is -0.828. The second kappa shape index (κ2) is 10.3. The van der Waals surface area contributed by atoms with Gasteiger partial charge in [-0.1, -0.05) is 42.5 Å². The minimum Gasteiger partial charge on any atom is -0.481 e. The van der Waals surface area contributed by atoms with E-state index in [-0.39, 0.29) is 18.4 Å². The first-order valence-electron chi connectivity index (χ1n) is 12.8. The van der Waals surface area contributed by atoms with Crippen molar-refractivity contribution in [1.29, 1.82) is 0 Å². The summed E-state index contributed by atoms with van der Waals surface area (Å²) < 4.78 is 7.93. The number of rotatable bonds is 7. The SMILES string of the molecule is CC[C@@H]1CN(Cc2cc(C(CC(=O)O)c3ccc4c(nnn4C)c3C)ccc2C)Cc2cccnc2O1. The quantitative estimate of drug-likeness (QED) is 0.392. The van der Waals surface area contributed by atoms with Crippen LogP contribution in [0.4, 0.5) is 0 Å². The Morgan fingerprint density at radius 3 is 2.84 bits per heavy atom. The Labute approximate surface area is 216 Å². The number of pyridine rings is 1. The predicted octanol–water partition coefficient (Wildman–Crippen LogP) is 4.76. The van der Waals surface area contributed by atoms with Crippen molar-refractivity contribution < 1.29 is 14.6 Å². The fraction of sp³-hybridized carbons (Fsp3) is 0.379. The van der Waals surface area contributed by atoms with Crippen molar-refractivity contribution in [2.45, 2.75) is 58.7 Å². The topological polar surface area (TPSA) is 93.4 Å². The van der Waals surface area contributed by atoms with Gasteiger partial charge in [0.1, 0.15) is 11.6 Å². The Kier molecular flexibility index (Phi) is 6.93. The van der Waals surface area contributed by atoms with Gasteiger partial charge in [-0.25, -0.2) is 9.67 Å². The lowest BCUT2D eigenvalue weighted by atomic mass is 9.84. The van der Waals surface area contributed by atoms with Crippen LogP contribution >= 0.6 is 0 Å². The number of aromatic nitrogens is 4.